The minimum absolute atomic E-state index is 0.206. The molecule has 3 aromatic carbocycles. The molecule has 114 valence electrons. The fraction of sp³-hybridized carbons (Fsp3) is 0.200. The number of fused-ring (bicyclic) bond motifs is 3. The summed E-state index contributed by atoms with van der Waals surface area (Å²) < 4.78 is 11.1. The van der Waals surface area contributed by atoms with Crippen molar-refractivity contribution in [3.05, 3.63) is 71.3 Å². The van der Waals surface area contributed by atoms with Crippen LogP contribution in [0, 0.1) is 0 Å². The Kier molecular flexibility index (Phi) is 2.82. The highest BCUT2D eigenvalue weighted by atomic mass is 16.7. The monoisotopic (exact) mass is 303 g/mol. The molecule has 0 radical (unpaired) electrons. The van der Waals surface area contributed by atoms with Gasteiger partial charge in [-0.2, -0.15) is 0 Å². The van der Waals surface area contributed by atoms with Crippen LogP contribution in [0.5, 0.6) is 11.5 Å². The Morgan fingerprint density at radius 1 is 0.870 bits per heavy atom. The summed E-state index contributed by atoms with van der Waals surface area (Å²) in [4.78, 5) is 0. The Balaban J connectivity index is 1.64. The minimum Gasteiger partial charge on any atom is -0.454 e. The van der Waals surface area contributed by atoms with Gasteiger partial charge in [-0.1, -0.05) is 36.4 Å². The van der Waals surface area contributed by atoms with Gasteiger partial charge in [0.2, 0.25) is 6.79 Å². The summed E-state index contributed by atoms with van der Waals surface area (Å²) in [5, 5.41) is 6.20. The Bertz CT molecular complexity index is 903. The Morgan fingerprint density at radius 3 is 2.61 bits per heavy atom. The van der Waals surface area contributed by atoms with Gasteiger partial charge in [0.15, 0.2) is 11.5 Å². The van der Waals surface area contributed by atoms with Gasteiger partial charge in [0.25, 0.3) is 0 Å². The molecule has 5 rings (SSSR count). The third kappa shape index (κ3) is 2.08. The second-order valence-electron chi connectivity index (χ2n) is 6.15. The summed E-state index contributed by atoms with van der Waals surface area (Å²) in [5.41, 5.74) is 3.95. The lowest BCUT2D eigenvalue weighted by molar-refractivity contribution is 0.174. The van der Waals surface area contributed by atoms with E-state index in [2.05, 4.69) is 59.9 Å². The van der Waals surface area contributed by atoms with E-state index in [0.717, 1.165) is 24.5 Å². The van der Waals surface area contributed by atoms with Gasteiger partial charge in [0.1, 0.15) is 0 Å². The second-order valence-corrected chi connectivity index (χ2v) is 6.15. The van der Waals surface area contributed by atoms with Gasteiger partial charge in [-0.25, -0.2) is 0 Å². The summed E-state index contributed by atoms with van der Waals surface area (Å²) in [5.74, 6) is 1.74. The molecular formula is C20H17NO2. The lowest BCUT2D eigenvalue weighted by Crippen LogP contribution is -2.30. The number of nitrogens with one attached hydrogen (secondary N) is 1. The first-order valence-electron chi connectivity index (χ1n) is 8.03. The van der Waals surface area contributed by atoms with Crippen LogP contribution in [0.3, 0.4) is 0 Å². The SMILES string of the molecule is c1ccc2cc(C3NCCc4cc5c(cc43)OCO5)ccc2c1. The van der Waals surface area contributed by atoms with Crippen LogP contribution in [0.25, 0.3) is 10.8 Å². The number of benzene rings is 3. The van der Waals surface area contributed by atoms with Crippen LogP contribution in [0.1, 0.15) is 22.7 Å². The summed E-state index contributed by atoms with van der Waals surface area (Å²) >= 11 is 0. The standard InChI is InChI=1S/C20H17NO2/c1-2-4-14-9-16(6-5-13(14)3-1)20-17-11-19-18(22-12-23-19)10-15(17)7-8-21-20/h1-6,9-11,20-21H,7-8,12H2. The molecule has 23 heavy (non-hydrogen) atoms. The Hall–Kier alpha value is -2.52. The highest BCUT2D eigenvalue weighted by Crippen LogP contribution is 2.40. The molecule has 0 amide bonds. The quantitative estimate of drug-likeness (QED) is 0.741. The van der Waals surface area contributed by atoms with Crippen LogP contribution in [0.15, 0.2) is 54.6 Å². The van der Waals surface area contributed by atoms with Crippen LogP contribution in [0.2, 0.25) is 0 Å². The van der Waals surface area contributed by atoms with Crippen molar-refractivity contribution in [3.63, 3.8) is 0 Å². The molecule has 2 aliphatic rings. The van der Waals surface area contributed by atoms with E-state index in [0.29, 0.717) is 6.79 Å². The molecule has 1 N–H and O–H groups in total. The highest BCUT2D eigenvalue weighted by Gasteiger charge is 2.25. The smallest absolute Gasteiger partial charge is 0.231 e. The van der Waals surface area contributed by atoms with Gasteiger partial charge in [0, 0.05) is 6.54 Å². The van der Waals surface area contributed by atoms with Crippen LogP contribution in [-0.4, -0.2) is 13.3 Å². The second kappa shape index (κ2) is 5.00. The van der Waals surface area contributed by atoms with Crippen molar-refractivity contribution in [2.24, 2.45) is 0 Å². The molecule has 0 aliphatic carbocycles. The molecule has 3 aromatic rings. The van der Waals surface area contributed by atoms with Crippen LogP contribution in [0.4, 0.5) is 0 Å². The molecule has 0 spiro atoms. The Labute approximate surface area is 134 Å². The van der Waals surface area contributed by atoms with Crippen molar-refractivity contribution < 1.29 is 9.47 Å². The third-order valence-electron chi connectivity index (χ3n) is 4.80. The molecule has 2 heterocycles. The Morgan fingerprint density at radius 2 is 1.70 bits per heavy atom. The predicted molar refractivity (Wildman–Crippen MR) is 90.1 cm³/mol. The van der Waals surface area contributed by atoms with E-state index in [-0.39, 0.29) is 6.04 Å². The van der Waals surface area contributed by atoms with E-state index in [1.54, 1.807) is 0 Å². The first kappa shape index (κ1) is 13.0. The zero-order valence-corrected chi connectivity index (χ0v) is 12.7. The lowest BCUT2D eigenvalue weighted by atomic mass is 9.88. The molecule has 1 unspecified atom stereocenters. The van der Waals surface area contributed by atoms with Crippen LogP contribution in [-0.2, 0) is 6.42 Å². The first-order valence-corrected chi connectivity index (χ1v) is 8.03. The van der Waals surface area contributed by atoms with Gasteiger partial charge in [0.05, 0.1) is 6.04 Å². The van der Waals surface area contributed by atoms with E-state index in [4.69, 9.17) is 9.47 Å². The van der Waals surface area contributed by atoms with E-state index in [9.17, 15) is 0 Å². The van der Waals surface area contributed by atoms with Crippen LogP contribution < -0.4 is 14.8 Å². The maximum absolute atomic E-state index is 5.57. The van der Waals surface area contributed by atoms with E-state index < -0.39 is 0 Å². The molecule has 3 nitrogen and oxygen atoms in total. The fourth-order valence-corrected chi connectivity index (χ4v) is 3.63. The lowest BCUT2D eigenvalue weighted by Gasteiger charge is -2.28. The van der Waals surface area contributed by atoms with Crippen molar-refractivity contribution in [1.82, 2.24) is 5.32 Å². The first-order chi connectivity index (χ1) is 11.4. The van der Waals surface area contributed by atoms with Crippen molar-refractivity contribution in [2.45, 2.75) is 12.5 Å². The van der Waals surface area contributed by atoms with E-state index in [1.165, 1.54) is 27.5 Å². The summed E-state index contributed by atoms with van der Waals surface area (Å²) in [6.07, 6.45) is 1.02. The highest BCUT2D eigenvalue weighted by molar-refractivity contribution is 5.83. The minimum atomic E-state index is 0.206. The van der Waals surface area contributed by atoms with Crippen molar-refractivity contribution in [1.29, 1.82) is 0 Å². The number of ether oxygens (including phenoxy) is 2. The predicted octanol–water partition coefficient (Wildman–Crippen LogP) is 3.80. The van der Waals surface area contributed by atoms with Gasteiger partial charge < -0.3 is 14.8 Å². The largest absolute Gasteiger partial charge is 0.454 e. The molecule has 0 fully saturated rings. The average molecular weight is 303 g/mol. The number of hydrogen-bond donors (Lipinski definition) is 1. The molecule has 3 heteroatoms. The molecule has 1 atom stereocenters. The van der Waals surface area contributed by atoms with Crippen molar-refractivity contribution >= 4 is 10.8 Å². The molecule has 0 aromatic heterocycles. The molecule has 0 bridgehead atoms. The van der Waals surface area contributed by atoms with E-state index in [1.807, 2.05) is 0 Å². The summed E-state index contributed by atoms with van der Waals surface area (Å²) in [6, 6.07) is 19.7. The van der Waals surface area contributed by atoms with Crippen molar-refractivity contribution in [3.8, 4) is 11.5 Å². The third-order valence-corrected chi connectivity index (χ3v) is 4.80. The molecule has 0 saturated heterocycles. The van der Waals surface area contributed by atoms with E-state index >= 15 is 0 Å². The topological polar surface area (TPSA) is 30.5 Å². The number of hydrogen-bond acceptors (Lipinski definition) is 3. The van der Waals surface area contributed by atoms with Gasteiger partial charge in [-0.15, -0.1) is 0 Å². The normalized spacial score (nSPS) is 18.9. The summed E-state index contributed by atoms with van der Waals surface area (Å²) in [6.45, 7) is 1.30. The molecule has 2 aliphatic heterocycles. The fourth-order valence-electron chi connectivity index (χ4n) is 3.63. The van der Waals surface area contributed by atoms with Crippen molar-refractivity contribution in [2.75, 3.05) is 13.3 Å². The zero-order chi connectivity index (χ0) is 15.2. The van der Waals surface area contributed by atoms with Gasteiger partial charge in [-0.05, 0) is 52.1 Å². The molecular weight excluding hydrogens is 286 g/mol. The van der Waals surface area contributed by atoms with Gasteiger partial charge in [-0.3, -0.25) is 0 Å². The average Bonchev–Trinajstić information content (AvgIpc) is 3.06. The van der Waals surface area contributed by atoms with Gasteiger partial charge >= 0.3 is 0 Å². The summed E-state index contributed by atoms with van der Waals surface area (Å²) in [7, 11) is 0. The maximum atomic E-state index is 5.57. The maximum Gasteiger partial charge on any atom is 0.231 e. The van der Waals surface area contributed by atoms with Crippen LogP contribution >= 0.6 is 0 Å². The number of rotatable bonds is 1. The molecule has 0 saturated carbocycles. The zero-order valence-electron chi connectivity index (χ0n) is 12.7.